The average Bonchev–Trinajstić information content (AvgIpc) is 3.51. The number of rotatable bonds is 7. The van der Waals surface area contributed by atoms with Crippen LogP contribution in [0.25, 0.3) is 5.52 Å². The van der Waals surface area contributed by atoms with Crippen molar-refractivity contribution in [3.05, 3.63) is 54.4 Å². The fraction of sp³-hybridized carbons (Fsp3) is 0.273. The van der Waals surface area contributed by atoms with E-state index in [-0.39, 0.29) is 11.9 Å². The molecule has 10 nitrogen and oxygen atoms in total. The van der Waals surface area contributed by atoms with Crippen molar-refractivity contribution in [3.8, 4) is 0 Å². The zero-order valence-electron chi connectivity index (χ0n) is 18.2. The Bertz CT molecular complexity index is 1270. The number of aromatic amines is 1. The smallest absolute Gasteiger partial charge is 0.238 e. The van der Waals surface area contributed by atoms with E-state index in [1.165, 1.54) is 11.8 Å². The molecule has 0 aliphatic carbocycles. The van der Waals surface area contributed by atoms with Gasteiger partial charge in [-0.05, 0) is 61.5 Å². The van der Waals surface area contributed by atoms with E-state index < -0.39 is 0 Å². The Kier molecular flexibility index (Phi) is 5.99. The quantitative estimate of drug-likeness (QED) is 0.329. The van der Waals surface area contributed by atoms with E-state index in [1.54, 1.807) is 4.52 Å². The van der Waals surface area contributed by atoms with Crippen molar-refractivity contribution >= 4 is 40.5 Å². The number of likely N-dealkylation sites (tertiary alicyclic amines) is 1. The van der Waals surface area contributed by atoms with Crippen LogP contribution in [0.3, 0.4) is 0 Å². The SMILES string of the molecule is Cc1cc(Nc2nc(Sc3ccc(NC(=O)CN4CCC(N)C4)cc3)nn3cccc23)n[nH]1. The third-order valence-electron chi connectivity index (χ3n) is 5.35. The number of carbonyl (C=O) groups excluding carboxylic acids is 1. The van der Waals surface area contributed by atoms with Gasteiger partial charge in [0, 0.05) is 47.7 Å². The third-order valence-corrected chi connectivity index (χ3v) is 6.21. The van der Waals surface area contributed by atoms with E-state index in [0.29, 0.717) is 23.3 Å². The second kappa shape index (κ2) is 9.22. The number of fused-ring (bicyclic) bond motifs is 1. The van der Waals surface area contributed by atoms with Gasteiger partial charge in [0.2, 0.25) is 11.1 Å². The highest BCUT2D eigenvalue weighted by Crippen LogP contribution is 2.28. The molecule has 4 aromatic rings. The Balaban J connectivity index is 1.26. The number of hydrogen-bond donors (Lipinski definition) is 4. The van der Waals surface area contributed by atoms with Crippen LogP contribution in [0.4, 0.5) is 17.3 Å². The molecular weight excluding hydrogens is 438 g/mol. The molecule has 33 heavy (non-hydrogen) atoms. The van der Waals surface area contributed by atoms with Crippen molar-refractivity contribution in [2.45, 2.75) is 29.4 Å². The summed E-state index contributed by atoms with van der Waals surface area (Å²) in [6.45, 7) is 3.94. The van der Waals surface area contributed by atoms with E-state index >= 15 is 0 Å². The number of nitrogens with zero attached hydrogens (tertiary/aromatic N) is 5. The van der Waals surface area contributed by atoms with Crippen molar-refractivity contribution in [1.82, 2.24) is 29.7 Å². The maximum absolute atomic E-state index is 12.3. The van der Waals surface area contributed by atoms with Crippen LogP contribution in [0.15, 0.2) is 58.7 Å². The summed E-state index contributed by atoms with van der Waals surface area (Å²) < 4.78 is 1.79. The Morgan fingerprint density at radius 3 is 2.88 bits per heavy atom. The minimum absolute atomic E-state index is 0.0322. The lowest BCUT2D eigenvalue weighted by molar-refractivity contribution is -0.117. The van der Waals surface area contributed by atoms with Gasteiger partial charge in [-0.1, -0.05) is 0 Å². The largest absolute Gasteiger partial charge is 0.326 e. The highest BCUT2D eigenvalue weighted by molar-refractivity contribution is 7.99. The zero-order chi connectivity index (χ0) is 22.8. The van der Waals surface area contributed by atoms with Crippen molar-refractivity contribution in [1.29, 1.82) is 0 Å². The molecule has 1 aliphatic rings. The van der Waals surface area contributed by atoms with Crippen molar-refractivity contribution in [2.75, 3.05) is 30.3 Å². The maximum Gasteiger partial charge on any atom is 0.238 e. The van der Waals surface area contributed by atoms with Gasteiger partial charge in [0.05, 0.1) is 6.54 Å². The third kappa shape index (κ3) is 5.16. The first-order valence-corrected chi connectivity index (χ1v) is 11.5. The molecule has 170 valence electrons. The summed E-state index contributed by atoms with van der Waals surface area (Å²) in [6, 6.07) is 13.6. The lowest BCUT2D eigenvalue weighted by atomic mass is 10.3. The minimum atomic E-state index is -0.0322. The van der Waals surface area contributed by atoms with E-state index in [9.17, 15) is 4.79 Å². The van der Waals surface area contributed by atoms with E-state index in [2.05, 4.69) is 35.8 Å². The number of anilines is 3. The van der Waals surface area contributed by atoms with Gasteiger partial charge in [0.15, 0.2) is 11.6 Å². The molecule has 1 unspecified atom stereocenters. The molecule has 0 saturated carbocycles. The summed E-state index contributed by atoms with van der Waals surface area (Å²) in [5, 5.41) is 18.5. The van der Waals surface area contributed by atoms with Crippen LogP contribution < -0.4 is 16.4 Å². The number of H-pyrrole nitrogens is 1. The summed E-state index contributed by atoms with van der Waals surface area (Å²) in [5.74, 6) is 1.34. The highest BCUT2D eigenvalue weighted by Gasteiger charge is 2.21. The van der Waals surface area contributed by atoms with Gasteiger partial charge in [0.25, 0.3) is 0 Å². The number of benzene rings is 1. The molecule has 1 fully saturated rings. The first kappa shape index (κ1) is 21.4. The lowest BCUT2D eigenvalue weighted by Gasteiger charge is -2.14. The Morgan fingerprint density at radius 2 is 2.15 bits per heavy atom. The van der Waals surface area contributed by atoms with Crippen molar-refractivity contribution in [3.63, 3.8) is 0 Å². The van der Waals surface area contributed by atoms with Crippen LogP contribution in [0, 0.1) is 6.92 Å². The number of hydrogen-bond acceptors (Lipinski definition) is 8. The molecule has 0 bridgehead atoms. The second-order valence-corrected chi connectivity index (χ2v) is 9.14. The molecule has 5 rings (SSSR count). The van der Waals surface area contributed by atoms with Crippen LogP contribution in [0.1, 0.15) is 12.1 Å². The second-order valence-electron chi connectivity index (χ2n) is 8.10. The Morgan fingerprint density at radius 1 is 1.30 bits per heavy atom. The summed E-state index contributed by atoms with van der Waals surface area (Å²) in [4.78, 5) is 20.0. The minimum Gasteiger partial charge on any atom is -0.326 e. The molecule has 1 atom stereocenters. The number of carbonyl (C=O) groups is 1. The normalized spacial score (nSPS) is 16.4. The van der Waals surface area contributed by atoms with Crippen LogP contribution in [0.2, 0.25) is 0 Å². The monoisotopic (exact) mass is 463 g/mol. The molecule has 0 radical (unpaired) electrons. The molecule has 1 amide bonds. The summed E-state index contributed by atoms with van der Waals surface area (Å²) in [7, 11) is 0. The molecule has 1 aliphatic heterocycles. The van der Waals surface area contributed by atoms with Gasteiger partial charge in [-0.15, -0.1) is 5.10 Å². The zero-order valence-corrected chi connectivity index (χ0v) is 19.0. The molecule has 5 N–H and O–H groups in total. The molecule has 3 aromatic heterocycles. The molecule has 11 heteroatoms. The van der Waals surface area contributed by atoms with Gasteiger partial charge in [-0.25, -0.2) is 9.50 Å². The Labute approximate surface area is 195 Å². The summed E-state index contributed by atoms with van der Waals surface area (Å²) in [5.41, 5.74) is 8.49. The average molecular weight is 464 g/mol. The predicted octanol–water partition coefficient (Wildman–Crippen LogP) is 2.63. The topological polar surface area (TPSA) is 129 Å². The van der Waals surface area contributed by atoms with Gasteiger partial charge in [-0.2, -0.15) is 5.10 Å². The first-order valence-electron chi connectivity index (χ1n) is 10.7. The predicted molar refractivity (Wildman–Crippen MR) is 128 cm³/mol. The molecule has 4 heterocycles. The number of aromatic nitrogens is 5. The van der Waals surface area contributed by atoms with Crippen LogP contribution in [-0.4, -0.2) is 61.3 Å². The summed E-state index contributed by atoms with van der Waals surface area (Å²) in [6.07, 6.45) is 2.82. The highest BCUT2D eigenvalue weighted by atomic mass is 32.2. The lowest BCUT2D eigenvalue weighted by Crippen LogP contribution is -2.33. The Hall–Kier alpha value is -3.41. The van der Waals surface area contributed by atoms with Crippen LogP contribution in [0.5, 0.6) is 0 Å². The standard InChI is InChI=1S/C22H25N9OS/c1-14-11-19(28-27-14)25-21-18-3-2-9-31(18)29-22(26-21)33-17-6-4-16(5-7-17)24-20(32)13-30-10-8-15(23)12-30/h2-7,9,11,15H,8,10,12-13,23H2,1H3,(H,24,32)(H2,25,26,27,28,29). The van der Waals surface area contributed by atoms with Gasteiger partial charge in [0.1, 0.15) is 5.52 Å². The molecule has 1 aromatic carbocycles. The van der Waals surface area contributed by atoms with Crippen molar-refractivity contribution < 1.29 is 4.79 Å². The number of nitrogens with two attached hydrogens (primary N) is 1. The number of aryl methyl sites for hydroxylation is 1. The van der Waals surface area contributed by atoms with E-state index in [4.69, 9.17) is 5.73 Å². The fourth-order valence-corrected chi connectivity index (χ4v) is 4.52. The summed E-state index contributed by atoms with van der Waals surface area (Å²) >= 11 is 1.44. The molecule has 0 spiro atoms. The number of amides is 1. The molecule has 1 saturated heterocycles. The first-order chi connectivity index (χ1) is 16.0. The van der Waals surface area contributed by atoms with Gasteiger partial charge >= 0.3 is 0 Å². The van der Waals surface area contributed by atoms with Crippen LogP contribution >= 0.6 is 11.8 Å². The van der Waals surface area contributed by atoms with E-state index in [0.717, 1.165) is 41.3 Å². The van der Waals surface area contributed by atoms with Gasteiger partial charge < -0.3 is 16.4 Å². The number of nitrogens with one attached hydrogen (secondary N) is 3. The van der Waals surface area contributed by atoms with Gasteiger partial charge in [-0.3, -0.25) is 14.8 Å². The van der Waals surface area contributed by atoms with E-state index in [1.807, 2.05) is 55.6 Å². The maximum atomic E-state index is 12.3. The fourth-order valence-electron chi connectivity index (χ4n) is 3.77. The molecular formula is C22H25N9OS. The van der Waals surface area contributed by atoms with Crippen molar-refractivity contribution in [2.24, 2.45) is 5.73 Å². The van der Waals surface area contributed by atoms with Crippen LogP contribution in [-0.2, 0) is 4.79 Å².